The van der Waals surface area contributed by atoms with Crippen molar-refractivity contribution in [1.82, 2.24) is 9.78 Å². The molecule has 0 spiro atoms. The van der Waals surface area contributed by atoms with Crippen LogP contribution in [0, 0.1) is 11.8 Å². The zero-order valence-electron chi connectivity index (χ0n) is 11.7. The Balaban J connectivity index is 1.87. The van der Waals surface area contributed by atoms with Crippen molar-refractivity contribution in [3.63, 3.8) is 0 Å². The molecule has 1 saturated carbocycles. The molecule has 1 unspecified atom stereocenters. The van der Waals surface area contributed by atoms with E-state index in [4.69, 9.17) is 10.8 Å². The molecule has 1 aromatic carbocycles. The van der Waals surface area contributed by atoms with E-state index >= 15 is 0 Å². The van der Waals surface area contributed by atoms with Gasteiger partial charge < -0.3 is 5.73 Å². The number of hydrogen-bond donors (Lipinski definition) is 1. The van der Waals surface area contributed by atoms with E-state index in [-0.39, 0.29) is 0 Å². The van der Waals surface area contributed by atoms with Gasteiger partial charge >= 0.3 is 0 Å². The largest absolute Gasteiger partial charge is 0.330 e. The Morgan fingerprint density at radius 3 is 2.79 bits per heavy atom. The molecule has 1 aromatic heterocycles. The predicted molar refractivity (Wildman–Crippen MR) is 78.9 cm³/mol. The van der Waals surface area contributed by atoms with E-state index in [0.717, 1.165) is 18.9 Å². The Morgan fingerprint density at radius 1 is 1.32 bits per heavy atom. The third-order valence-electron chi connectivity index (χ3n) is 4.66. The molecule has 0 amide bonds. The molecule has 0 aliphatic heterocycles. The summed E-state index contributed by atoms with van der Waals surface area (Å²) in [6, 6.07) is 8.49. The number of nitrogens with two attached hydrogens (primary N) is 1. The maximum atomic E-state index is 6.02. The van der Waals surface area contributed by atoms with Gasteiger partial charge in [0.1, 0.15) is 0 Å². The van der Waals surface area contributed by atoms with Gasteiger partial charge in [-0.1, -0.05) is 43.9 Å². The number of hydrogen-bond acceptors (Lipinski definition) is 2. The molecule has 1 atom stereocenters. The molecule has 2 N–H and O–H groups in total. The summed E-state index contributed by atoms with van der Waals surface area (Å²) in [6.45, 7) is 0.787. The number of para-hydroxylation sites is 1. The molecule has 102 valence electrons. The van der Waals surface area contributed by atoms with Gasteiger partial charge in [0.15, 0.2) is 0 Å². The van der Waals surface area contributed by atoms with Gasteiger partial charge in [0.25, 0.3) is 0 Å². The highest BCUT2D eigenvalue weighted by atomic mass is 15.3. The Labute approximate surface area is 114 Å². The second-order valence-electron chi connectivity index (χ2n) is 5.83. The van der Waals surface area contributed by atoms with Gasteiger partial charge in [-0.15, -0.1) is 0 Å². The van der Waals surface area contributed by atoms with Crippen molar-refractivity contribution in [1.29, 1.82) is 0 Å². The third kappa shape index (κ3) is 2.39. The predicted octanol–water partition coefficient (Wildman–Crippen LogP) is 2.88. The lowest BCUT2D eigenvalue weighted by atomic mass is 9.86. The minimum atomic E-state index is 0.598. The van der Waals surface area contributed by atoms with Gasteiger partial charge in [-0.3, -0.25) is 4.68 Å². The van der Waals surface area contributed by atoms with Crippen LogP contribution < -0.4 is 5.73 Å². The molecule has 1 aliphatic carbocycles. The first kappa shape index (κ1) is 12.7. The van der Waals surface area contributed by atoms with E-state index in [1.54, 1.807) is 0 Å². The second kappa shape index (κ2) is 5.33. The van der Waals surface area contributed by atoms with Crippen LogP contribution >= 0.6 is 0 Å². The monoisotopic (exact) mass is 257 g/mol. The van der Waals surface area contributed by atoms with Crippen LogP contribution in [0.3, 0.4) is 0 Å². The molecule has 1 heterocycles. The molecule has 0 saturated heterocycles. The van der Waals surface area contributed by atoms with Crippen LogP contribution in [0.2, 0.25) is 0 Å². The lowest BCUT2D eigenvalue weighted by Crippen LogP contribution is -2.24. The van der Waals surface area contributed by atoms with Gasteiger partial charge in [0, 0.05) is 12.4 Å². The van der Waals surface area contributed by atoms with E-state index < -0.39 is 0 Å². The van der Waals surface area contributed by atoms with E-state index in [1.165, 1.54) is 42.3 Å². The van der Waals surface area contributed by atoms with Crippen molar-refractivity contribution in [2.75, 3.05) is 6.54 Å². The fourth-order valence-corrected chi connectivity index (χ4v) is 3.56. The van der Waals surface area contributed by atoms with Gasteiger partial charge in [-0.25, -0.2) is 0 Å². The zero-order valence-corrected chi connectivity index (χ0v) is 11.7. The highest BCUT2D eigenvalue weighted by molar-refractivity contribution is 5.81. The smallest absolute Gasteiger partial charge is 0.0706 e. The number of aryl methyl sites for hydroxylation is 1. The Bertz CT molecular complexity index is 552. The van der Waals surface area contributed by atoms with E-state index in [9.17, 15) is 0 Å². The van der Waals surface area contributed by atoms with E-state index in [0.29, 0.717) is 5.92 Å². The van der Waals surface area contributed by atoms with Crippen LogP contribution in [0.1, 0.15) is 31.4 Å². The molecule has 1 fully saturated rings. The maximum Gasteiger partial charge on any atom is 0.0706 e. The lowest BCUT2D eigenvalue weighted by Gasteiger charge is -2.20. The molecule has 2 aromatic rings. The minimum absolute atomic E-state index is 0.598. The van der Waals surface area contributed by atoms with Crippen molar-refractivity contribution in [2.24, 2.45) is 24.6 Å². The lowest BCUT2D eigenvalue weighted by molar-refractivity contribution is 0.342. The van der Waals surface area contributed by atoms with Crippen LogP contribution in [0.5, 0.6) is 0 Å². The first-order valence-electron chi connectivity index (χ1n) is 7.40. The van der Waals surface area contributed by atoms with Crippen molar-refractivity contribution < 1.29 is 0 Å². The summed E-state index contributed by atoms with van der Waals surface area (Å²) >= 11 is 0. The third-order valence-corrected chi connectivity index (χ3v) is 4.66. The van der Waals surface area contributed by atoms with Gasteiger partial charge in [-0.05, 0) is 30.9 Å². The number of aromatic nitrogens is 2. The number of nitrogens with zero attached hydrogens (tertiary/aromatic N) is 2. The van der Waals surface area contributed by atoms with Crippen LogP contribution in [-0.4, -0.2) is 16.3 Å². The zero-order chi connectivity index (χ0) is 13.2. The molecule has 3 nitrogen and oxygen atoms in total. The summed E-state index contributed by atoms with van der Waals surface area (Å²) in [5.41, 5.74) is 8.46. The first-order valence-corrected chi connectivity index (χ1v) is 7.40. The van der Waals surface area contributed by atoms with Gasteiger partial charge in [-0.2, -0.15) is 5.10 Å². The highest BCUT2D eigenvalue weighted by Crippen LogP contribution is 2.33. The number of rotatable bonds is 4. The normalized spacial score (nSPS) is 18.2. The molecular formula is C16H23N3. The SMILES string of the molecule is Cn1nc(CC(CN)C2CCCC2)c2ccccc21. The fraction of sp³-hybridized carbons (Fsp3) is 0.562. The highest BCUT2D eigenvalue weighted by Gasteiger charge is 2.25. The van der Waals surface area contributed by atoms with Crippen LogP contribution in [-0.2, 0) is 13.5 Å². The number of fused-ring (bicyclic) bond motifs is 1. The average Bonchev–Trinajstić information content (AvgIpc) is 3.06. The second-order valence-corrected chi connectivity index (χ2v) is 5.83. The molecule has 19 heavy (non-hydrogen) atoms. The Kier molecular flexibility index (Phi) is 3.56. The average molecular weight is 257 g/mol. The van der Waals surface area contributed by atoms with Gasteiger partial charge in [0.05, 0.1) is 11.2 Å². The Hall–Kier alpha value is -1.35. The van der Waals surface area contributed by atoms with Crippen LogP contribution in [0.25, 0.3) is 10.9 Å². The summed E-state index contributed by atoms with van der Waals surface area (Å²) < 4.78 is 1.99. The Morgan fingerprint density at radius 2 is 2.05 bits per heavy atom. The maximum absolute atomic E-state index is 6.02. The van der Waals surface area contributed by atoms with Crippen LogP contribution in [0.15, 0.2) is 24.3 Å². The summed E-state index contributed by atoms with van der Waals surface area (Å²) in [5, 5.41) is 6.00. The van der Waals surface area contributed by atoms with Crippen molar-refractivity contribution in [3.05, 3.63) is 30.0 Å². The molecule has 1 aliphatic rings. The van der Waals surface area contributed by atoms with Crippen molar-refractivity contribution >= 4 is 10.9 Å². The van der Waals surface area contributed by atoms with E-state index in [1.807, 2.05) is 11.7 Å². The summed E-state index contributed by atoms with van der Waals surface area (Å²) in [5.74, 6) is 1.41. The molecule has 3 rings (SSSR count). The van der Waals surface area contributed by atoms with Crippen LogP contribution in [0.4, 0.5) is 0 Å². The van der Waals surface area contributed by atoms with Crippen molar-refractivity contribution in [3.8, 4) is 0 Å². The van der Waals surface area contributed by atoms with E-state index in [2.05, 4.69) is 24.3 Å². The molecule has 0 radical (unpaired) electrons. The summed E-state index contributed by atoms with van der Waals surface area (Å²) in [6.07, 6.45) is 6.50. The number of benzene rings is 1. The summed E-state index contributed by atoms with van der Waals surface area (Å²) in [7, 11) is 2.03. The molecule has 0 bridgehead atoms. The quantitative estimate of drug-likeness (QED) is 0.915. The standard InChI is InChI=1S/C16H23N3/c1-19-16-9-5-4-8-14(16)15(18-19)10-13(11-17)12-6-2-3-7-12/h4-5,8-9,12-13H,2-3,6-7,10-11,17H2,1H3. The first-order chi connectivity index (χ1) is 9.29. The fourth-order valence-electron chi connectivity index (χ4n) is 3.56. The topological polar surface area (TPSA) is 43.8 Å². The molecule has 3 heteroatoms. The van der Waals surface area contributed by atoms with Gasteiger partial charge in [0.2, 0.25) is 0 Å². The van der Waals surface area contributed by atoms with Crippen molar-refractivity contribution in [2.45, 2.75) is 32.1 Å². The minimum Gasteiger partial charge on any atom is -0.330 e. The molecular weight excluding hydrogens is 234 g/mol. The summed E-state index contributed by atoms with van der Waals surface area (Å²) in [4.78, 5) is 0.